The lowest BCUT2D eigenvalue weighted by atomic mass is 10.1. The fourth-order valence-corrected chi connectivity index (χ4v) is 1.83. The van der Waals surface area contributed by atoms with Crippen LogP contribution in [-0.4, -0.2) is 23.3 Å². The van der Waals surface area contributed by atoms with E-state index in [9.17, 15) is 5.11 Å². The molecule has 0 spiro atoms. The molecule has 1 aliphatic carbocycles. The zero-order chi connectivity index (χ0) is 8.97. The predicted octanol–water partition coefficient (Wildman–Crippen LogP) is 1.69. The second-order valence-corrected chi connectivity index (χ2v) is 4.02. The second-order valence-electron chi connectivity index (χ2n) is 4.02. The summed E-state index contributed by atoms with van der Waals surface area (Å²) in [7, 11) is 0. The number of rotatable bonds is 2. The van der Waals surface area contributed by atoms with E-state index in [0.29, 0.717) is 6.04 Å². The number of aliphatic hydroxyl groups excluding tert-OH is 1. The highest BCUT2D eigenvalue weighted by molar-refractivity contribution is 4.79. The molecule has 0 bridgehead atoms. The van der Waals surface area contributed by atoms with Crippen LogP contribution in [0.25, 0.3) is 0 Å². The van der Waals surface area contributed by atoms with Crippen LogP contribution in [0.2, 0.25) is 0 Å². The summed E-state index contributed by atoms with van der Waals surface area (Å²) in [5, 5.41) is 14.2. The van der Waals surface area contributed by atoms with Crippen molar-refractivity contribution < 1.29 is 5.11 Å². The first-order valence-corrected chi connectivity index (χ1v) is 5.08. The lowest BCUT2D eigenvalue weighted by Gasteiger charge is -2.21. The molecule has 0 amide bonds. The Morgan fingerprint density at radius 1 is 1.17 bits per heavy atom. The normalized spacial score (nSPS) is 32.0. The third-order valence-corrected chi connectivity index (χ3v) is 2.43. The molecule has 2 unspecified atom stereocenters. The summed E-state index contributed by atoms with van der Waals surface area (Å²) >= 11 is 0. The third-order valence-electron chi connectivity index (χ3n) is 2.43. The molecule has 2 atom stereocenters. The van der Waals surface area contributed by atoms with E-state index in [1.807, 2.05) is 0 Å². The summed E-state index contributed by atoms with van der Waals surface area (Å²) in [5.74, 6) is 0. The molecule has 12 heavy (non-hydrogen) atoms. The van der Waals surface area contributed by atoms with Gasteiger partial charge in [0.2, 0.25) is 0 Å². The zero-order valence-electron chi connectivity index (χ0n) is 8.16. The number of hydrogen-bond donors (Lipinski definition) is 1. The topological polar surface area (TPSA) is 34.3 Å². The van der Waals surface area contributed by atoms with Crippen LogP contribution in [-0.2, 0) is 0 Å². The van der Waals surface area contributed by atoms with Gasteiger partial charge < -0.3 is 5.11 Å². The molecule has 0 aromatic heterocycles. The van der Waals surface area contributed by atoms with Gasteiger partial charge in [-0.15, -0.1) is 0 Å². The Morgan fingerprint density at radius 3 is 2.50 bits per heavy atom. The molecule has 0 heterocycles. The van der Waals surface area contributed by atoms with Gasteiger partial charge in [-0.25, -0.2) is 5.32 Å². The molecule has 1 fully saturated rings. The van der Waals surface area contributed by atoms with E-state index in [4.69, 9.17) is 0 Å². The van der Waals surface area contributed by atoms with Crippen molar-refractivity contribution in [3.63, 3.8) is 0 Å². The second kappa shape index (κ2) is 4.83. The maximum Gasteiger partial charge on any atom is 0.0709 e. The largest absolute Gasteiger partial charge is 0.391 e. The van der Waals surface area contributed by atoms with Crippen molar-refractivity contribution in [1.29, 1.82) is 0 Å². The molecule has 71 valence electrons. The van der Waals surface area contributed by atoms with Crippen LogP contribution in [0.1, 0.15) is 46.0 Å². The SMILES string of the molecule is CC(C)[N]C1CCCCCC1O. The molecule has 0 aliphatic heterocycles. The summed E-state index contributed by atoms with van der Waals surface area (Å²) in [6, 6.07) is 0.579. The molecular formula is C10H20NO. The zero-order valence-corrected chi connectivity index (χ0v) is 8.16. The van der Waals surface area contributed by atoms with Crippen molar-refractivity contribution in [3.8, 4) is 0 Å². The average molecular weight is 170 g/mol. The van der Waals surface area contributed by atoms with E-state index in [0.717, 1.165) is 12.8 Å². The van der Waals surface area contributed by atoms with Gasteiger partial charge in [-0.1, -0.05) is 19.3 Å². The van der Waals surface area contributed by atoms with Crippen LogP contribution in [0.4, 0.5) is 0 Å². The van der Waals surface area contributed by atoms with Gasteiger partial charge in [-0.3, -0.25) is 0 Å². The summed E-state index contributed by atoms with van der Waals surface area (Å²) < 4.78 is 0. The highest BCUT2D eigenvalue weighted by Crippen LogP contribution is 2.19. The Morgan fingerprint density at radius 2 is 1.83 bits per heavy atom. The van der Waals surface area contributed by atoms with Crippen LogP contribution < -0.4 is 5.32 Å². The van der Waals surface area contributed by atoms with Gasteiger partial charge in [0.15, 0.2) is 0 Å². The average Bonchev–Trinajstić information content (AvgIpc) is 2.16. The van der Waals surface area contributed by atoms with Gasteiger partial charge in [-0.2, -0.15) is 0 Å². The summed E-state index contributed by atoms with van der Waals surface area (Å²) in [4.78, 5) is 0. The van der Waals surface area contributed by atoms with Crippen LogP contribution >= 0.6 is 0 Å². The van der Waals surface area contributed by atoms with Gasteiger partial charge in [-0.05, 0) is 26.7 Å². The first-order chi connectivity index (χ1) is 5.70. The van der Waals surface area contributed by atoms with Crippen molar-refractivity contribution in [2.75, 3.05) is 0 Å². The maximum absolute atomic E-state index is 9.70. The van der Waals surface area contributed by atoms with Crippen LogP contribution in [0, 0.1) is 0 Å². The minimum Gasteiger partial charge on any atom is -0.391 e. The minimum absolute atomic E-state index is 0.171. The Kier molecular flexibility index (Phi) is 4.02. The highest BCUT2D eigenvalue weighted by atomic mass is 16.3. The summed E-state index contributed by atoms with van der Waals surface area (Å²) in [6.45, 7) is 4.16. The van der Waals surface area contributed by atoms with Crippen LogP contribution in [0.3, 0.4) is 0 Å². The highest BCUT2D eigenvalue weighted by Gasteiger charge is 2.22. The van der Waals surface area contributed by atoms with E-state index in [1.54, 1.807) is 0 Å². The number of aliphatic hydroxyl groups is 1. The lowest BCUT2D eigenvalue weighted by molar-refractivity contribution is 0.114. The van der Waals surface area contributed by atoms with Crippen LogP contribution in [0.5, 0.6) is 0 Å². The maximum atomic E-state index is 9.70. The van der Waals surface area contributed by atoms with Crippen molar-refractivity contribution >= 4 is 0 Å². The predicted molar refractivity (Wildman–Crippen MR) is 50.1 cm³/mol. The number of hydrogen-bond acceptors (Lipinski definition) is 1. The Bertz CT molecular complexity index is 125. The van der Waals surface area contributed by atoms with E-state index >= 15 is 0 Å². The molecule has 0 aromatic rings. The fourth-order valence-electron chi connectivity index (χ4n) is 1.83. The Balaban J connectivity index is 2.36. The van der Waals surface area contributed by atoms with E-state index in [2.05, 4.69) is 19.2 Å². The third kappa shape index (κ3) is 3.11. The quantitative estimate of drug-likeness (QED) is 0.629. The summed E-state index contributed by atoms with van der Waals surface area (Å²) in [5.41, 5.74) is 0. The summed E-state index contributed by atoms with van der Waals surface area (Å²) in [6.07, 6.45) is 5.53. The first kappa shape index (κ1) is 10.0. The van der Waals surface area contributed by atoms with Crippen molar-refractivity contribution in [3.05, 3.63) is 0 Å². The van der Waals surface area contributed by atoms with Crippen molar-refractivity contribution in [1.82, 2.24) is 5.32 Å². The van der Waals surface area contributed by atoms with Gasteiger partial charge in [0, 0.05) is 6.04 Å². The number of nitrogens with zero attached hydrogens (tertiary/aromatic N) is 1. The smallest absolute Gasteiger partial charge is 0.0709 e. The van der Waals surface area contributed by atoms with Crippen LogP contribution in [0.15, 0.2) is 0 Å². The Hall–Kier alpha value is -0.0800. The minimum atomic E-state index is -0.171. The fraction of sp³-hybridized carbons (Fsp3) is 1.00. The van der Waals surface area contributed by atoms with Crippen molar-refractivity contribution in [2.24, 2.45) is 0 Å². The van der Waals surface area contributed by atoms with E-state index < -0.39 is 0 Å². The standard InChI is InChI=1S/C10H20NO/c1-8(2)11-9-6-4-3-5-7-10(9)12/h8-10,12H,3-7H2,1-2H3. The molecule has 0 aromatic carbocycles. The molecular weight excluding hydrogens is 150 g/mol. The van der Waals surface area contributed by atoms with Gasteiger partial charge >= 0.3 is 0 Å². The lowest BCUT2D eigenvalue weighted by Crippen LogP contribution is -2.37. The molecule has 2 heteroatoms. The monoisotopic (exact) mass is 170 g/mol. The van der Waals surface area contributed by atoms with Crippen molar-refractivity contribution in [2.45, 2.75) is 64.1 Å². The molecule has 2 nitrogen and oxygen atoms in total. The van der Waals surface area contributed by atoms with E-state index in [1.165, 1.54) is 19.3 Å². The van der Waals surface area contributed by atoms with Gasteiger partial charge in [0.1, 0.15) is 0 Å². The Labute approximate surface area is 75.4 Å². The molecule has 1 radical (unpaired) electrons. The molecule has 1 aliphatic rings. The van der Waals surface area contributed by atoms with Gasteiger partial charge in [0.05, 0.1) is 12.1 Å². The molecule has 1 N–H and O–H groups in total. The van der Waals surface area contributed by atoms with Gasteiger partial charge in [0.25, 0.3) is 0 Å². The molecule has 1 saturated carbocycles. The molecule has 0 saturated heterocycles. The van der Waals surface area contributed by atoms with E-state index in [-0.39, 0.29) is 12.1 Å². The first-order valence-electron chi connectivity index (χ1n) is 5.08. The molecule has 1 rings (SSSR count).